The third kappa shape index (κ3) is 9.65. The van der Waals surface area contributed by atoms with E-state index in [0.29, 0.717) is 0 Å². The normalized spacial score (nSPS) is 14.2. The van der Waals surface area contributed by atoms with Crippen molar-refractivity contribution in [2.24, 2.45) is 9.98 Å². The molecule has 1 aromatic rings. The molecule has 30 heavy (non-hydrogen) atoms. The summed E-state index contributed by atoms with van der Waals surface area (Å²) in [5.41, 5.74) is 7.47. The molecule has 0 saturated heterocycles. The molecular formula is C28H38N2. The first-order valence-electron chi connectivity index (χ1n) is 10.7. The van der Waals surface area contributed by atoms with Crippen LogP contribution >= 0.6 is 0 Å². The average molecular weight is 403 g/mol. The fourth-order valence-electron chi connectivity index (χ4n) is 2.77. The zero-order valence-corrected chi connectivity index (χ0v) is 19.8. The van der Waals surface area contributed by atoms with Gasteiger partial charge in [0.05, 0.1) is 0 Å². The molecule has 0 amide bonds. The SMILES string of the molecule is C=C(C)c1ccc(=C)/c(=C\C=C/C)c1.CCC1=CN=C(CC/C(C)=C/N=C(C)C)C1. The number of rotatable bonds is 7. The summed E-state index contributed by atoms with van der Waals surface area (Å²) in [6, 6.07) is 6.20. The number of hydrogen-bond donors (Lipinski definition) is 0. The molecule has 1 aliphatic heterocycles. The summed E-state index contributed by atoms with van der Waals surface area (Å²) in [4.78, 5) is 8.75. The molecule has 2 nitrogen and oxygen atoms in total. The van der Waals surface area contributed by atoms with E-state index in [1.54, 1.807) is 0 Å². The Morgan fingerprint density at radius 2 is 1.93 bits per heavy atom. The van der Waals surface area contributed by atoms with Crippen molar-refractivity contribution in [3.8, 4) is 0 Å². The van der Waals surface area contributed by atoms with Crippen LogP contribution in [0.5, 0.6) is 0 Å². The number of benzene rings is 1. The van der Waals surface area contributed by atoms with Crippen LogP contribution in [0.4, 0.5) is 0 Å². The van der Waals surface area contributed by atoms with Crippen molar-refractivity contribution in [1.82, 2.24) is 0 Å². The Morgan fingerprint density at radius 3 is 2.50 bits per heavy atom. The lowest BCUT2D eigenvalue weighted by atomic mass is 10.0. The Labute approximate surface area is 183 Å². The number of aliphatic imine (C=N–C) groups is 2. The first-order valence-corrected chi connectivity index (χ1v) is 10.7. The Kier molecular flexibility index (Phi) is 11.4. The first-order chi connectivity index (χ1) is 14.3. The maximum atomic E-state index is 4.45. The van der Waals surface area contributed by atoms with Gasteiger partial charge >= 0.3 is 0 Å². The van der Waals surface area contributed by atoms with E-state index in [0.717, 1.165) is 47.4 Å². The highest BCUT2D eigenvalue weighted by atomic mass is 14.7. The third-order valence-corrected chi connectivity index (χ3v) is 4.77. The zero-order valence-electron chi connectivity index (χ0n) is 19.8. The highest BCUT2D eigenvalue weighted by Gasteiger charge is 2.08. The molecular weight excluding hydrogens is 364 g/mol. The molecule has 0 aromatic heterocycles. The van der Waals surface area contributed by atoms with Crippen LogP contribution in [-0.2, 0) is 0 Å². The van der Waals surface area contributed by atoms with Crippen molar-refractivity contribution in [1.29, 1.82) is 0 Å². The molecule has 1 aromatic carbocycles. The first kappa shape index (κ1) is 25.3. The molecule has 0 saturated carbocycles. The fraction of sp³-hybridized carbons (Fsp3) is 0.357. The number of nitrogens with zero attached hydrogens (tertiary/aromatic N) is 2. The van der Waals surface area contributed by atoms with E-state index in [1.807, 2.05) is 58.3 Å². The molecule has 2 heteroatoms. The molecule has 0 aliphatic carbocycles. The van der Waals surface area contributed by atoms with Gasteiger partial charge in [-0.05, 0) is 81.5 Å². The van der Waals surface area contributed by atoms with Crippen LogP contribution in [0.25, 0.3) is 18.2 Å². The van der Waals surface area contributed by atoms with Gasteiger partial charge in [0.15, 0.2) is 0 Å². The molecule has 0 spiro atoms. The minimum Gasteiger partial charge on any atom is -0.266 e. The van der Waals surface area contributed by atoms with Gasteiger partial charge in [-0.15, -0.1) is 0 Å². The molecule has 0 bridgehead atoms. The van der Waals surface area contributed by atoms with Crippen LogP contribution in [0.2, 0.25) is 0 Å². The molecule has 0 radical (unpaired) electrons. The summed E-state index contributed by atoms with van der Waals surface area (Å²) in [7, 11) is 0. The van der Waals surface area contributed by atoms with Crippen LogP contribution in [0.3, 0.4) is 0 Å². The summed E-state index contributed by atoms with van der Waals surface area (Å²) >= 11 is 0. The Bertz CT molecular complexity index is 978. The van der Waals surface area contributed by atoms with E-state index >= 15 is 0 Å². The summed E-state index contributed by atoms with van der Waals surface area (Å²) in [6.45, 7) is 20.3. The van der Waals surface area contributed by atoms with Gasteiger partial charge in [-0.1, -0.05) is 61.6 Å². The average Bonchev–Trinajstić information content (AvgIpc) is 3.18. The van der Waals surface area contributed by atoms with E-state index in [1.165, 1.54) is 22.4 Å². The lowest BCUT2D eigenvalue weighted by Crippen LogP contribution is -2.22. The van der Waals surface area contributed by atoms with Crippen molar-refractivity contribution in [3.05, 3.63) is 76.5 Å². The van der Waals surface area contributed by atoms with Gasteiger partial charge in [0.25, 0.3) is 0 Å². The summed E-state index contributed by atoms with van der Waals surface area (Å²) in [5.74, 6) is 0. The molecule has 1 heterocycles. The second-order valence-corrected chi connectivity index (χ2v) is 7.95. The molecule has 0 atom stereocenters. The molecule has 0 N–H and O–H groups in total. The van der Waals surface area contributed by atoms with Crippen LogP contribution < -0.4 is 10.4 Å². The molecule has 1 aliphatic rings. The fourth-order valence-corrected chi connectivity index (χ4v) is 2.77. The maximum Gasteiger partial charge on any atom is 0.0263 e. The topological polar surface area (TPSA) is 24.7 Å². The van der Waals surface area contributed by atoms with Crippen LogP contribution in [0.1, 0.15) is 72.8 Å². The number of hydrogen-bond acceptors (Lipinski definition) is 2. The third-order valence-electron chi connectivity index (χ3n) is 4.77. The standard InChI is InChI=1S/C14H22N2.C14H16/c1-5-13-8-14(16-10-13)7-6-12(4)9-15-11(2)3;1-5-6-7-14-10-13(11(2)3)9-8-12(14)4/h9-10H,5-8H2,1-4H3;5-10H,2,4H2,1,3H3/b12-9+;6-5-,14-7-. The smallest absolute Gasteiger partial charge is 0.0263 e. The van der Waals surface area contributed by atoms with E-state index in [9.17, 15) is 0 Å². The molecule has 0 fully saturated rings. The van der Waals surface area contributed by atoms with E-state index in [-0.39, 0.29) is 0 Å². The summed E-state index contributed by atoms with van der Waals surface area (Å²) in [5, 5.41) is 2.21. The zero-order chi connectivity index (χ0) is 22.5. The monoisotopic (exact) mass is 402 g/mol. The molecule has 0 unspecified atom stereocenters. The van der Waals surface area contributed by atoms with Gasteiger partial charge in [-0.3, -0.25) is 9.98 Å². The van der Waals surface area contributed by atoms with Crippen molar-refractivity contribution in [2.45, 2.75) is 67.2 Å². The minimum absolute atomic E-state index is 1.05. The largest absolute Gasteiger partial charge is 0.266 e. The van der Waals surface area contributed by atoms with Crippen LogP contribution in [0, 0.1) is 0 Å². The van der Waals surface area contributed by atoms with Crippen molar-refractivity contribution >= 4 is 29.7 Å². The second kappa shape index (κ2) is 13.5. The predicted molar refractivity (Wildman–Crippen MR) is 137 cm³/mol. The van der Waals surface area contributed by atoms with Gasteiger partial charge in [-0.25, -0.2) is 0 Å². The minimum atomic E-state index is 1.05. The lowest BCUT2D eigenvalue weighted by Gasteiger charge is -2.02. The van der Waals surface area contributed by atoms with Gasteiger partial charge in [0, 0.05) is 30.2 Å². The second-order valence-electron chi connectivity index (χ2n) is 7.95. The number of allylic oxidation sites excluding steroid dienone is 5. The molecule has 2 rings (SSSR count). The van der Waals surface area contributed by atoms with Crippen molar-refractivity contribution in [2.75, 3.05) is 0 Å². The quantitative estimate of drug-likeness (QED) is 0.449. The van der Waals surface area contributed by atoms with Gasteiger partial charge in [0.1, 0.15) is 0 Å². The molecule has 160 valence electrons. The van der Waals surface area contributed by atoms with Gasteiger partial charge < -0.3 is 0 Å². The van der Waals surface area contributed by atoms with E-state index in [4.69, 9.17) is 0 Å². The maximum absolute atomic E-state index is 4.45. The Hall–Kier alpha value is -2.74. The highest BCUT2D eigenvalue weighted by Crippen LogP contribution is 2.19. The van der Waals surface area contributed by atoms with Gasteiger partial charge in [0.2, 0.25) is 0 Å². The Morgan fingerprint density at radius 1 is 1.20 bits per heavy atom. The van der Waals surface area contributed by atoms with E-state index < -0.39 is 0 Å². The summed E-state index contributed by atoms with van der Waals surface area (Å²) in [6.07, 6.45) is 14.4. The van der Waals surface area contributed by atoms with Crippen LogP contribution in [0.15, 0.2) is 70.5 Å². The lowest BCUT2D eigenvalue weighted by molar-refractivity contribution is 0.978. The highest BCUT2D eigenvalue weighted by molar-refractivity contribution is 5.89. The van der Waals surface area contributed by atoms with Crippen LogP contribution in [-0.4, -0.2) is 11.4 Å². The predicted octanol–water partition coefficient (Wildman–Crippen LogP) is 6.78. The van der Waals surface area contributed by atoms with E-state index in [2.05, 4.69) is 55.2 Å². The van der Waals surface area contributed by atoms with Gasteiger partial charge in [-0.2, -0.15) is 0 Å². The van der Waals surface area contributed by atoms with Crippen molar-refractivity contribution in [3.63, 3.8) is 0 Å². The Balaban J connectivity index is 0.000000303. The van der Waals surface area contributed by atoms with Crippen molar-refractivity contribution < 1.29 is 0 Å². The summed E-state index contributed by atoms with van der Waals surface area (Å²) < 4.78 is 0.